The van der Waals surface area contributed by atoms with Gasteiger partial charge in [-0.25, -0.2) is 4.79 Å². The zero-order valence-electron chi connectivity index (χ0n) is 12.1. The van der Waals surface area contributed by atoms with Crippen LogP contribution in [-0.2, 0) is 24.9 Å². The minimum Gasteiger partial charge on any atom is -0.478 e. The Hall–Kier alpha value is -2.64. The minimum atomic E-state index is -1.07. The van der Waals surface area contributed by atoms with Gasteiger partial charge in [0.1, 0.15) is 6.54 Å². The fourth-order valence-electron chi connectivity index (χ4n) is 2.02. The Kier molecular flexibility index (Phi) is 4.06. The van der Waals surface area contributed by atoms with Crippen molar-refractivity contribution in [2.75, 3.05) is 0 Å². The Balaban J connectivity index is 1.94. The van der Waals surface area contributed by atoms with Crippen LogP contribution in [0.4, 0.5) is 0 Å². The van der Waals surface area contributed by atoms with E-state index in [0.717, 1.165) is 17.0 Å². The number of aromatic carboxylic acids is 1. The van der Waals surface area contributed by atoms with Crippen molar-refractivity contribution < 1.29 is 14.7 Å². The Morgan fingerprint density at radius 3 is 2.62 bits per heavy atom. The molecular weight excluding hydrogens is 274 g/mol. The van der Waals surface area contributed by atoms with Crippen LogP contribution >= 0.6 is 0 Å². The van der Waals surface area contributed by atoms with E-state index in [1.807, 2.05) is 20.9 Å². The second-order valence-corrected chi connectivity index (χ2v) is 4.78. The van der Waals surface area contributed by atoms with Crippen LogP contribution in [0.15, 0.2) is 12.4 Å². The quantitative estimate of drug-likeness (QED) is 0.822. The van der Waals surface area contributed by atoms with Crippen LogP contribution < -0.4 is 5.32 Å². The van der Waals surface area contributed by atoms with Crippen molar-refractivity contribution in [2.24, 2.45) is 7.05 Å². The SMILES string of the molecule is Cc1nn(C)c(C)c1CNC(=O)Cn1cc(C(=O)O)cn1. The summed E-state index contributed by atoms with van der Waals surface area (Å²) in [7, 11) is 1.85. The maximum Gasteiger partial charge on any atom is 0.338 e. The number of carbonyl (C=O) groups is 2. The zero-order valence-corrected chi connectivity index (χ0v) is 12.1. The number of hydrogen-bond acceptors (Lipinski definition) is 4. The summed E-state index contributed by atoms with van der Waals surface area (Å²) in [6, 6.07) is 0. The van der Waals surface area contributed by atoms with Crippen LogP contribution in [0.3, 0.4) is 0 Å². The number of amides is 1. The minimum absolute atomic E-state index is 0.0222. The van der Waals surface area contributed by atoms with Gasteiger partial charge in [-0.15, -0.1) is 0 Å². The summed E-state index contributed by atoms with van der Waals surface area (Å²) in [5, 5.41) is 19.7. The third kappa shape index (κ3) is 3.28. The molecule has 8 heteroatoms. The molecule has 0 radical (unpaired) electrons. The predicted molar refractivity (Wildman–Crippen MR) is 73.7 cm³/mol. The van der Waals surface area contributed by atoms with Gasteiger partial charge in [0.25, 0.3) is 0 Å². The lowest BCUT2D eigenvalue weighted by Gasteiger charge is -2.06. The van der Waals surface area contributed by atoms with E-state index < -0.39 is 5.97 Å². The molecule has 21 heavy (non-hydrogen) atoms. The van der Waals surface area contributed by atoms with E-state index in [-0.39, 0.29) is 18.0 Å². The van der Waals surface area contributed by atoms with E-state index in [4.69, 9.17) is 5.11 Å². The summed E-state index contributed by atoms with van der Waals surface area (Å²) in [6.07, 6.45) is 2.54. The predicted octanol–water partition coefficient (Wildman–Crippen LogP) is 0.248. The van der Waals surface area contributed by atoms with Gasteiger partial charge in [0, 0.05) is 31.0 Å². The number of aryl methyl sites for hydroxylation is 2. The molecule has 2 heterocycles. The molecule has 0 aliphatic carbocycles. The summed E-state index contributed by atoms with van der Waals surface area (Å²) in [5.74, 6) is -1.30. The largest absolute Gasteiger partial charge is 0.478 e. The molecule has 0 aliphatic rings. The lowest BCUT2D eigenvalue weighted by molar-refractivity contribution is -0.122. The van der Waals surface area contributed by atoms with Gasteiger partial charge < -0.3 is 10.4 Å². The molecule has 8 nitrogen and oxygen atoms in total. The number of carboxylic acid groups (broad SMARTS) is 1. The number of rotatable bonds is 5. The van der Waals surface area contributed by atoms with Crippen LogP contribution in [-0.4, -0.2) is 36.5 Å². The molecule has 0 fully saturated rings. The highest BCUT2D eigenvalue weighted by molar-refractivity contribution is 5.87. The lowest BCUT2D eigenvalue weighted by Crippen LogP contribution is -2.27. The van der Waals surface area contributed by atoms with Crippen molar-refractivity contribution in [2.45, 2.75) is 26.9 Å². The van der Waals surface area contributed by atoms with Gasteiger partial charge in [-0.05, 0) is 13.8 Å². The summed E-state index contributed by atoms with van der Waals surface area (Å²) in [5.41, 5.74) is 2.92. The normalized spacial score (nSPS) is 10.6. The Morgan fingerprint density at radius 2 is 2.10 bits per heavy atom. The number of aromatic nitrogens is 4. The molecular formula is C13H17N5O3. The molecule has 2 N–H and O–H groups in total. The van der Waals surface area contributed by atoms with Crippen LogP contribution in [0, 0.1) is 13.8 Å². The van der Waals surface area contributed by atoms with Crippen molar-refractivity contribution in [3.63, 3.8) is 0 Å². The first-order chi connectivity index (χ1) is 9.88. The number of nitrogens with zero attached hydrogens (tertiary/aromatic N) is 4. The van der Waals surface area contributed by atoms with Gasteiger partial charge in [-0.3, -0.25) is 14.2 Å². The highest BCUT2D eigenvalue weighted by atomic mass is 16.4. The molecule has 0 aromatic carbocycles. The van der Waals surface area contributed by atoms with E-state index >= 15 is 0 Å². The topological polar surface area (TPSA) is 102 Å². The molecule has 1 amide bonds. The molecule has 0 bridgehead atoms. The van der Waals surface area contributed by atoms with E-state index in [1.165, 1.54) is 17.1 Å². The summed E-state index contributed by atoms with van der Waals surface area (Å²) >= 11 is 0. The highest BCUT2D eigenvalue weighted by Gasteiger charge is 2.12. The van der Waals surface area contributed by atoms with E-state index in [0.29, 0.717) is 6.54 Å². The zero-order chi connectivity index (χ0) is 15.6. The number of carbonyl (C=O) groups excluding carboxylic acids is 1. The third-order valence-electron chi connectivity index (χ3n) is 3.31. The molecule has 0 aliphatic heterocycles. The Labute approximate surface area is 121 Å². The van der Waals surface area contributed by atoms with Crippen molar-refractivity contribution in [3.8, 4) is 0 Å². The van der Waals surface area contributed by atoms with Gasteiger partial charge in [0.15, 0.2) is 0 Å². The van der Waals surface area contributed by atoms with E-state index in [2.05, 4.69) is 15.5 Å². The van der Waals surface area contributed by atoms with Gasteiger partial charge in [-0.2, -0.15) is 10.2 Å². The highest BCUT2D eigenvalue weighted by Crippen LogP contribution is 2.11. The van der Waals surface area contributed by atoms with Crippen molar-refractivity contribution >= 4 is 11.9 Å². The van der Waals surface area contributed by atoms with Crippen LogP contribution in [0.5, 0.6) is 0 Å². The van der Waals surface area contributed by atoms with E-state index in [1.54, 1.807) is 4.68 Å². The maximum atomic E-state index is 11.8. The Bertz CT molecular complexity index is 686. The average Bonchev–Trinajstić information content (AvgIpc) is 2.95. The van der Waals surface area contributed by atoms with Crippen LogP contribution in [0.2, 0.25) is 0 Å². The molecule has 2 rings (SSSR count). The second kappa shape index (κ2) is 5.78. The van der Waals surface area contributed by atoms with E-state index in [9.17, 15) is 9.59 Å². The second-order valence-electron chi connectivity index (χ2n) is 4.78. The summed E-state index contributed by atoms with van der Waals surface area (Å²) in [6.45, 7) is 4.19. The summed E-state index contributed by atoms with van der Waals surface area (Å²) < 4.78 is 3.06. The van der Waals surface area contributed by atoms with Crippen LogP contribution in [0.1, 0.15) is 27.3 Å². The van der Waals surface area contributed by atoms with Gasteiger partial charge in [0.05, 0.1) is 17.5 Å². The van der Waals surface area contributed by atoms with Crippen molar-refractivity contribution in [3.05, 3.63) is 34.9 Å². The molecule has 112 valence electrons. The Morgan fingerprint density at radius 1 is 1.38 bits per heavy atom. The van der Waals surface area contributed by atoms with Crippen molar-refractivity contribution in [1.29, 1.82) is 0 Å². The number of carboxylic acids is 1. The summed E-state index contributed by atoms with van der Waals surface area (Å²) in [4.78, 5) is 22.6. The maximum absolute atomic E-state index is 11.8. The molecule has 2 aromatic heterocycles. The molecule has 0 saturated heterocycles. The standard InChI is InChI=1S/C13H17N5O3/c1-8-11(9(2)17(3)16-8)5-14-12(19)7-18-6-10(4-15-18)13(20)21/h4,6H,5,7H2,1-3H3,(H,14,19)(H,20,21). The number of hydrogen-bond donors (Lipinski definition) is 2. The average molecular weight is 291 g/mol. The fourth-order valence-corrected chi connectivity index (χ4v) is 2.02. The van der Waals surface area contributed by atoms with Gasteiger partial charge >= 0.3 is 5.97 Å². The number of nitrogens with one attached hydrogen (secondary N) is 1. The fraction of sp³-hybridized carbons (Fsp3) is 0.385. The van der Waals surface area contributed by atoms with Crippen LogP contribution in [0.25, 0.3) is 0 Å². The first kappa shape index (κ1) is 14.8. The molecule has 2 aromatic rings. The monoisotopic (exact) mass is 291 g/mol. The van der Waals surface area contributed by atoms with Gasteiger partial charge in [-0.1, -0.05) is 0 Å². The molecule has 0 spiro atoms. The van der Waals surface area contributed by atoms with Gasteiger partial charge in [0.2, 0.25) is 5.91 Å². The lowest BCUT2D eigenvalue weighted by atomic mass is 10.2. The molecule has 0 unspecified atom stereocenters. The first-order valence-electron chi connectivity index (χ1n) is 6.40. The molecule has 0 saturated carbocycles. The first-order valence-corrected chi connectivity index (χ1v) is 6.40. The molecule has 0 atom stereocenters. The smallest absolute Gasteiger partial charge is 0.338 e. The van der Waals surface area contributed by atoms with Crippen molar-refractivity contribution in [1.82, 2.24) is 24.9 Å². The third-order valence-corrected chi connectivity index (χ3v) is 3.31.